The van der Waals surface area contributed by atoms with Crippen LogP contribution in [-0.4, -0.2) is 15.0 Å². The fourth-order valence-corrected chi connectivity index (χ4v) is 2.46. The van der Waals surface area contributed by atoms with Crippen LogP contribution in [0.2, 0.25) is 0 Å². The molecule has 1 aliphatic carbocycles. The maximum absolute atomic E-state index is 5.84. The van der Waals surface area contributed by atoms with Crippen LogP contribution in [0.4, 0.5) is 5.95 Å². The Morgan fingerprint density at radius 1 is 0.944 bits per heavy atom. The minimum absolute atomic E-state index is 0.0729. The summed E-state index contributed by atoms with van der Waals surface area (Å²) in [5.41, 5.74) is 5.77. The Hall–Kier alpha value is -1.19. The molecular weight excluding hydrogens is 224 g/mol. The number of hydrogen-bond acceptors (Lipinski definition) is 4. The monoisotopic (exact) mass is 248 g/mol. The summed E-state index contributed by atoms with van der Waals surface area (Å²) in [5, 5.41) is 0. The minimum Gasteiger partial charge on any atom is -0.368 e. The molecule has 0 amide bonds. The molecule has 0 atom stereocenters. The van der Waals surface area contributed by atoms with E-state index in [4.69, 9.17) is 5.73 Å². The molecular formula is C14H24N4. The summed E-state index contributed by atoms with van der Waals surface area (Å²) in [4.78, 5) is 13.3. The largest absolute Gasteiger partial charge is 0.368 e. The highest BCUT2D eigenvalue weighted by molar-refractivity contribution is 5.20. The van der Waals surface area contributed by atoms with E-state index in [2.05, 4.69) is 35.7 Å². The van der Waals surface area contributed by atoms with E-state index < -0.39 is 0 Å². The number of aromatic nitrogens is 3. The highest BCUT2D eigenvalue weighted by atomic mass is 15.1. The van der Waals surface area contributed by atoms with Crippen LogP contribution in [-0.2, 0) is 5.41 Å². The molecule has 0 aliphatic heterocycles. The molecule has 0 unspecified atom stereocenters. The van der Waals surface area contributed by atoms with Crippen LogP contribution < -0.4 is 5.73 Å². The molecule has 1 heterocycles. The Kier molecular flexibility index (Phi) is 3.83. The van der Waals surface area contributed by atoms with Gasteiger partial charge in [0.25, 0.3) is 0 Å². The van der Waals surface area contributed by atoms with E-state index >= 15 is 0 Å². The zero-order valence-electron chi connectivity index (χ0n) is 11.7. The lowest BCUT2D eigenvalue weighted by Gasteiger charge is -2.19. The number of hydrogen-bond donors (Lipinski definition) is 1. The highest BCUT2D eigenvalue weighted by Gasteiger charge is 2.23. The lowest BCUT2D eigenvalue weighted by atomic mass is 9.95. The van der Waals surface area contributed by atoms with E-state index in [0.717, 1.165) is 11.6 Å². The summed E-state index contributed by atoms with van der Waals surface area (Å²) < 4.78 is 0. The van der Waals surface area contributed by atoms with E-state index in [9.17, 15) is 0 Å². The molecule has 1 aromatic heterocycles. The molecule has 4 heteroatoms. The van der Waals surface area contributed by atoms with Gasteiger partial charge < -0.3 is 5.73 Å². The first-order valence-electron chi connectivity index (χ1n) is 6.99. The van der Waals surface area contributed by atoms with Crippen molar-refractivity contribution in [1.29, 1.82) is 0 Å². The van der Waals surface area contributed by atoms with Crippen molar-refractivity contribution in [3.05, 3.63) is 11.6 Å². The fraction of sp³-hybridized carbons (Fsp3) is 0.786. The molecule has 0 saturated heterocycles. The molecule has 0 spiro atoms. The Balaban J connectivity index is 2.29. The van der Waals surface area contributed by atoms with Gasteiger partial charge in [-0.15, -0.1) is 0 Å². The number of rotatable bonds is 1. The Bertz CT molecular complexity index is 401. The van der Waals surface area contributed by atoms with Gasteiger partial charge in [0, 0.05) is 11.3 Å². The van der Waals surface area contributed by atoms with Gasteiger partial charge in [-0.1, -0.05) is 46.5 Å². The van der Waals surface area contributed by atoms with Crippen molar-refractivity contribution in [2.45, 2.75) is 70.6 Å². The predicted molar refractivity (Wildman–Crippen MR) is 73.4 cm³/mol. The van der Waals surface area contributed by atoms with Crippen LogP contribution in [0.25, 0.3) is 0 Å². The molecule has 1 aliphatic rings. The van der Waals surface area contributed by atoms with Gasteiger partial charge in [-0.3, -0.25) is 0 Å². The van der Waals surface area contributed by atoms with Gasteiger partial charge in [-0.05, 0) is 12.8 Å². The normalized spacial score (nSPS) is 18.6. The second kappa shape index (κ2) is 5.21. The molecule has 0 aromatic carbocycles. The summed E-state index contributed by atoms with van der Waals surface area (Å²) >= 11 is 0. The zero-order chi connectivity index (χ0) is 13.2. The molecule has 100 valence electrons. The zero-order valence-corrected chi connectivity index (χ0v) is 11.7. The van der Waals surface area contributed by atoms with E-state index in [1.165, 1.54) is 38.5 Å². The van der Waals surface area contributed by atoms with E-state index in [0.29, 0.717) is 11.9 Å². The van der Waals surface area contributed by atoms with Gasteiger partial charge in [0.15, 0.2) is 0 Å². The molecule has 18 heavy (non-hydrogen) atoms. The first kappa shape index (κ1) is 13.2. The standard InChI is InChI=1S/C14H24N4/c1-14(2,3)12-16-11(17-13(15)18-12)10-8-6-4-5-7-9-10/h10H,4-9H2,1-3H3,(H2,15,16,17,18). The van der Waals surface area contributed by atoms with Gasteiger partial charge in [0.2, 0.25) is 5.95 Å². The van der Waals surface area contributed by atoms with Crippen LogP contribution in [0.3, 0.4) is 0 Å². The van der Waals surface area contributed by atoms with Crippen LogP contribution in [0.1, 0.15) is 76.9 Å². The van der Waals surface area contributed by atoms with Gasteiger partial charge in [0.1, 0.15) is 11.6 Å². The lowest BCUT2D eigenvalue weighted by Crippen LogP contribution is -2.20. The van der Waals surface area contributed by atoms with Crippen molar-refractivity contribution < 1.29 is 0 Å². The Labute approximate surface area is 109 Å². The van der Waals surface area contributed by atoms with Crippen LogP contribution in [0, 0.1) is 0 Å². The van der Waals surface area contributed by atoms with Crippen LogP contribution >= 0.6 is 0 Å². The van der Waals surface area contributed by atoms with E-state index in [1.54, 1.807) is 0 Å². The van der Waals surface area contributed by atoms with Crippen LogP contribution in [0.5, 0.6) is 0 Å². The predicted octanol–water partition coefficient (Wildman–Crippen LogP) is 3.19. The quantitative estimate of drug-likeness (QED) is 0.775. The third-order valence-corrected chi connectivity index (χ3v) is 3.56. The lowest BCUT2D eigenvalue weighted by molar-refractivity contribution is 0.510. The Morgan fingerprint density at radius 2 is 1.56 bits per heavy atom. The summed E-state index contributed by atoms with van der Waals surface area (Å²) in [6, 6.07) is 0. The number of nitrogen functional groups attached to an aromatic ring is 1. The van der Waals surface area contributed by atoms with Crippen molar-refractivity contribution in [2.75, 3.05) is 5.73 Å². The van der Waals surface area contributed by atoms with Crippen molar-refractivity contribution in [1.82, 2.24) is 15.0 Å². The third-order valence-electron chi connectivity index (χ3n) is 3.56. The third kappa shape index (κ3) is 3.18. The minimum atomic E-state index is -0.0729. The van der Waals surface area contributed by atoms with Gasteiger partial charge in [-0.25, -0.2) is 4.98 Å². The molecule has 0 bridgehead atoms. The summed E-state index contributed by atoms with van der Waals surface area (Å²) in [6.07, 6.45) is 7.61. The second-order valence-electron chi connectivity index (χ2n) is 6.31. The summed E-state index contributed by atoms with van der Waals surface area (Å²) in [6.45, 7) is 6.33. The average molecular weight is 248 g/mol. The van der Waals surface area contributed by atoms with Crippen molar-refractivity contribution >= 4 is 5.95 Å². The summed E-state index contributed by atoms with van der Waals surface area (Å²) in [7, 11) is 0. The first-order chi connectivity index (χ1) is 8.47. The topological polar surface area (TPSA) is 64.7 Å². The van der Waals surface area contributed by atoms with Gasteiger partial charge in [-0.2, -0.15) is 9.97 Å². The maximum Gasteiger partial charge on any atom is 0.223 e. The molecule has 1 saturated carbocycles. The average Bonchev–Trinajstić information content (AvgIpc) is 2.55. The molecule has 0 radical (unpaired) electrons. The molecule has 2 rings (SSSR count). The molecule has 1 aromatic rings. The molecule has 4 nitrogen and oxygen atoms in total. The first-order valence-corrected chi connectivity index (χ1v) is 6.99. The van der Waals surface area contributed by atoms with Crippen molar-refractivity contribution in [2.24, 2.45) is 0 Å². The van der Waals surface area contributed by atoms with E-state index in [-0.39, 0.29) is 5.41 Å². The van der Waals surface area contributed by atoms with Crippen molar-refractivity contribution in [3.63, 3.8) is 0 Å². The number of nitrogens with two attached hydrogens (primary N) is 1. The Morgan fingerprint density at radius 3 is 2.11 bits per heavy atom. The smallest absolute Gasteiger partial charge is 0.223 e. The summed E-state index contributed by atoms with van der Waals surface area (Å²) in [5.74, 6) is 2.57. The number of nitrogens with zero attached hydrogens (tertiary/aromatic N) is 3. The van der Waals surface area contributed by atoms with Crippen molar-refractivity contribution in [3.8, 4) is 0 Å². The van der Waals surface area contributed by atoms with Gasteiger partial charge >= 0.3 is 0 Å². The van der Waals surface area contributed by atoms with Gasteiger partial charge in [0.05, 0.1) is 0 Å². The molecule has 2 N–H and O–H groups in total. The number of anilines is 1. The molecule has 1 fully saturated rings. The maximum atomic E-state index is 5.84. The SMILES string of the molecule is CC(C)(C)c1nc(N)nc(C2CCCCCC2)n1. The van der Waals surface area contributed by atoms with Crippen LogP contribution in [0.15, 0.2) is 0 Å². The van der Waals surface area contributed by atoms with E-state index in [1.807, 2.05) is 0 Å². The fourth-order valence-electron chi connectivity index (χ4n) is 2.46. The highest BCUT2D eigenvalue weighted by Crippen LogP contribution is 2.30. The second-order valence-corrected chi connectivity index (χ2v) is 6.31.